The number of azo groups is 1. The van der Waals surface area contributed by atoms with E-state index >= 15 is 0 Å². The van der Waals surface area contributed by atoms with Gasteiger partial charge in [0.2, 0.25) is 0 Å². The van der Waals surface area contributed by atoms with Crippen molar-refractivity contribution in [3.05, 3.63) is 78.2 Å². The highest BCUT2D eigenvalue weighted by Crippen LogP contribution is 2.24. The molecule has 2 aromatic carbocycles. The van der Waals surface area contributed by atoms with Gasteiger partial charge in [0.15, 0.2) is 11.5 Å². The Bertz CT molecular complexity index is 1120. The van der Waals surface area contributed by atoms with Crippen molar-refractivity contribution in [2.45, 2.75) is 6.54 Å². The van der Waals surface area contributed by atoms with Crippen molar-refractivity contribution in [1.29, 1.82) is 0 Å². The summed E-state index contributed by atoms with van der Waals surface area (Å²) < 4.78 is 1.72. The number of hydrogen-bond acceptors (Lipinski definition) is 6. The van der Waals surface area contributed by atoms with Crippen molar-refractivity contribution >= 4 is 22.8 Å². The number of carboxylic acids is 1. The predicted molar refractivity (Wildman–Crippen MR) is 98.3 cm³/mol. The third-order valence-electron chi connectivity index (χ3n) is 3.97. The highest BCUT2D eigenvalue weighted by Gasteiger charge is 2.10. The van der Waals surface area contributed by atoms with E-state index < -0.39 is 5.97 Å². The zero-order valence-electron chi connectivity index (χ0n) is 14.1. The van der Waals surface area contributed by atoms with Crippen LogP contribution in [0.1, 0.15) is 15.9 Å². The number of fused-ring (bicyclic) bond motifs is 1. The number of para-hydroxylation sites is 1. The zero-order valence-corrected chi connectivity index (χ0v) is 14.1. The van der Waals surface area contributed by atoms with E-state index in [-0.39, 0.29) is 5.56 Å². The van der Waals surface area contributed by atoms with Crippen molar-refractivity contribution in [2.75, 3.05) is 0 Å². The minimum atomic E-state index is -0.956. The molecule has 0 unspecified atom stereocenters. The van der Waals surface area contributed by atoms with Crippen LogP contribution in [0.2, 0.25) is 0 Å². The molecule has 0 bridgehead atoms. The molecule has 0 atom stereocenters. The van der Waals surface area contributed by atoms with Gasteiger partial charge in [-0.15, -0.1) is 5.11 Å². The molecule has 0 radical (unpaired) electrons. The summed E-state index contributed by atoms with van der Waals surface area (Å²) in [5.41, 5.74) is 2.64. The Labute approximate surface area is 153 Å². The van der Waals surface area contributed by atoms with Gasteiger partial charge in [0.05, 0.1) is 29.4 Å². The maximum Gasteiger partial charge on any atom is 0.335 e. The standard InChI is InChI=1S/C19H14N6O2/c26-19(27)14-8-6-13(7-9-14)10-22-24-17-16-11-23-25(18(16)21-12-20-17)15-4-2-1-3-5-15/h1-9,11-12H,10H2,(H,26,27). The van der Waals surface area contributed by atoms with E-state index in [1.165, 1.54) is 6.33 Å². The van der Waals surface area contributed by atoms with Gasteiger partial charge in [0.1, 0.15) is 6.33 Å². The summed E-state index contributed by atoms with van der Waals surface area (Å²) in [6.07, 6.45) is 3.10. The van der Waals surface area contributed by atoms with Crippen molar-refractivity contribution in [3.63, 3.8) is 0 Å². The fourth-order valence-corrected chi connectivity index (χ4v) is 2.61. The van der Waals surface area contributed by atoms with Gasteiger partial charge < -0.3 is 5.11 Å². The van der Waals surface area contributed by atoms with Crippen LogP contribution in [0.25, 0.3) is 16.7 Å². The normalized spacial score (nSPS) is 11.3. The highest BCUT2D eigenvalue weighted by atomic mass is 16.4. The molecule has 8 heteroatoms. The number of benzene rings is 2. The summed E-state index contributed by atoms with van der Waals surface area (Å²) >= 11 is 0. The van der Waals surface area contributed by atoms with E-state index in [1.54, 1.807) is 35.1 Å². The van der Waals surface area contributed by atoms with Gasteiger partial charge in [-0.25, -0.2) is 19.4 Å². The van der Waals surface area contributed by atoms with E-state index in [4.69, 9.17) is 5.11 Å². The largest absolute Gasteiger partial charge is 0.478 e. The topological polar surface area (TPSA) is 106 Å². The second-order valence-corrected chi connectivity index (χ2v) is 5.73. The Kier molecular flexibility index (Phi) is 4.36. The number of carbonyl (C=O) groups is 1. The molecule has 4 aromatic rings. The van der Waals surface area contributed by atoms with E-state index in [0.717, 1.165) is 11.3 Å². The first-order valence-corrected chi connectivity index (χ1v) is 8.16. The maximum absolute atomic E-state index is 10.9. The molecule has 0 aliphatic rings. The van der Waals surface area contributed by atoms with Crippen molar-refractivity contribution in [1.82, 2.24) is 19.7 Å². The molecule has 2 heterocycles. The Morgan fingerprint density at radius 2 is 1.81 bits per heavy atom. The summed E-state index contributed by atoms with van der Waals surface area (Å²) in [6, 6.07) is 16.2. The molecule has 1 N–H and O–H groups in total. The van der Waals surface area contributed by atoms with Crippen molar-refractivity contribution < 1.29 is 9.90 Å². The summed E-state index contributed by atoms with van der Waals surface area (Å²) in [4.78, 5) is 19.4. The Morgan fingerprint density at radius 3 is 2.56 bits per heavy atom. The van der Waals surface area contributed by atoms with Crippen molar-refractivity contribution in [3.8, 4) is 5.69 Å². The van der Waals surface area contributed by atoms with Crippen LogP contribution in [-0.4, -0.2) is 30.8 Å². The molecule has 0 aliphatic carbocycles. The molecule has 0 saturated carbocycles. The van der Waals surface area contributed by atoms with Crippen LogP contribution in [0.4, 0.5) is 5.82 Å². The second kappa shape index (κ2) is 7.12. The molecule has 27 heavy (non-hydrogen) atoms. The smallest absolute Gasteiger partial charge is 0.335 e. The van der Waals surface area contributed by atoms with Crippen LogP contribution in [0.3, 0.4) is 0 Å². The van der Waals surface area contributed by atoms with Gasteiger partial charge in [0, 0.05) is 0 Å². The second-order valence-electron chi connectivity index (χ2n) is 5.73. The monoisotopic (exact) mass is 358 g/mol. The minimum Gasteiger partial charge on any atom is -0.478 e. The summed E-state index contributed by atoms with van der Waals surface area (Å²) in [5, 5.41) is 22.4. The molecular formula is C19H14N6O2. The lowest BCUT2D eigenvalue weighted by atomic mass is 10.1. The van der Waals surface area contributed by atoms with Crippen LogP contribution in [0.5, 0.6) is 0 Å². The summed E-state index contributed by atoms with van der Waals surface area (Å²) in [5.74, 6) is -0.522. The third kappa shape index (κ3) is 3.40. The Hall–Kier alpha value is -3.94. The van der Waals surface area contributed by atoms with E-state index in [2.05, 4.69) is 25.3 Å². The molecule has 2 aromatic heterocycles. The first-order valence-electron chi connectivity index (χ1n) is 8.16. The average molecular weight is 358 g/mol. The predicted octanol–water partition coefficient (Wildman–Crippen LogP) is 3.80. The highest BCUT2D eigenvalue weighted by molar-refractivity contribution is 5.87. The zero-order chi connectivity index (χ0) is 18.6. The van der Waals surface area contributed by atoms with E-state index in [1.807, 2.05) is 30.3 Å². The number of hydrogen-bond donors (Lipinski definition) is 1. The molecule has 4 rings (SSSR count). The molecule has 0 amide bonds. The molecule has 0 fully saturated rings. The first kappa shape index (κ1) is 16.5. The summed E-state index contributed by atoms with van der Waals surface area (Å²) in [7, 11) is 0. The van der Waals surface area contributed by atoms with Gasteiger partial charge in [0.25, 0.3) is 0 Å². The van der Waals surface area contributed by atoms with Gasteiger partial charge >= 0.3 is 5.97 Å². The van der Waals surface area contributed by atoms with E-state index in [9.17, 15) is 4.79 Å². The fourth-order valence-electron chi connectivity index (χ4n) is 2.61. The third-order valence-corrected chi connectivity index (χ3v) is 3.97. The number of aromatic carboxylic acids is 1. The van der Waals surface area contributed by atoms with Crippen LogP contribution >= 0.6 is 0 Å². The SMILES string of the molecule is O=C(O)c1ccc(CN=Nc2ncnc3c2cnn3-c2ccccc2)cc1. The lowest BCUT2D eigenvalue weighted by Crippen LogP contribution is -1.97. The van der Waals surface area contributed by atoms with E-state index in [0.29, 0.717) is 23.4 Å². The van der Waals surface area contributed by atoms with Crippen molar-refractivity contribution in [2.24, 2.45) is 10.2 Å². The lowest BCUT2D eigenvalue weighted by Gasteiger charge is -2.02. The van der Waals surface area contributed by atoms with Gasteiger partial charge in [-0.1, -0.05) is 30.3 Å². The minimum absolute atomic E-state index is 0.238. The first-order chi connectivity index (χ1) is 13.2. The van der Waals surface area contributed by atoms with Crippen LogP contribution < -0.4 is 0 Å². The number of aromatic nitrogens is 4. The molecule has 0 aliphatic heterocycles. The van der Waals surface area contributed by atoms with Crippen LogP contribution in [0.15, 0.2) is 77.3 Å². The number of rotatable bonds is 5. The maximum atomic E-state index is 10.9. The number of carboxylic acid groups (broad SMARTS) is 1. The Morgan fingerprint density at radius 1 is 1.04 bits per heavy atom. The molecular weight excluding hydrogens is 344 g/mol. The van der Waals surface area contributed by atoms with Crippen LogP contribution in [-0.2, 0) is 6.54 Å². The Balaban J connectivity index is 1.58. The van der Waals surface area contributed by atoms with Gasteiger partial charge in [-0.3, -0.25) is 0 Å². The molecule has 0 spiro atoms. The summed E-state index contributed by atoms with van der Waals surface area (Å²) in [6.45, 7) is 0.318. The van der Waals surface area contributed by atoms with Gasteiger partial charge in [-0.2, -0.15) is 10.2 Å². The average Bonchev–Trinajstić information content (AvgIpc) is 3.14. The molecule has 0 saturated heterocycles. The molecule has 8 nitrogen and oxygen atoms in total. The lowest BCUT2D eigenvalue weighted by molar-refractivity contribution is 0.0697. The van der Waals surface area contributed by atoms with Crippen LogP contribution in [0, 0.1) is 0 Å². The fraction of sp³-hybridized carbons (Fsp3) is 0.0526. The van der Waals surface area contributed by atoms with Gasteiger partial charge in [-0.05, 0) is 29.8 Å². The number of nitrogens with zero attached hydrogens (tertiary/aromatic N) is 6. The molecule has 132 valence electrons. The quantitative estimate of drug-likeness (QED) is 0.546.